The van der Waals surface area contributed by atoms with Crippen molar-refractivity contribution in [1.82, 2.24) is 9.55 Å². The lowest BCUT2D eigenvalue weighted by Crippen LogP contribution is -2.19. The summed E-state index contributed by atoms with van der Waals surface area (Å²) in [7, 11) is 0. The van der Waals surface area contributed by atoms with Crippen LogP contribution in [0.15, 0.2) is 24.5 Å². The third-order valence-electron chi connectivity index (χ3n) is 2.67. The molecule has 19 heavy (non-hydrogen) atoms. The van der Waals surface area contributed by atoms with Crippen LogP contribution in [0.5, 0.6) is 0 Å². The summed E-state index contributed by atoms with van der Waals surface area (Å²) < 4.78 is 1.55. The van der Waals surface area contributed by atoms with Gasteiger partial charge in [0.25, 0.3) is 0 Å². The Hall–Kier alpha value is -1.52. The zero-order chi connectivity index (χ0) is 14.0. The smallest absolute Gasteiger partial charge is 0.244 e. The van der Waals surface area contributed by atoms with Gasteiger partial charge in [0.15, 0.2) is 0 Å². The molecule has 0 saturated carbocycles. The molecule has 4 nitrogen and oxygen atoms in total. The minimum absolute atomic E-state index is 0.0997. The van der Waals surface area contributed by atoms with Crippen LogP contribution < -0.4 is 5.32 Å². The zero-order valence-corrected chi connectivity index (χ0v) is 12.1. The van der Waals surface area contributed by atoms with Crippen molar-refractivity contribution in [2.75, 3.05) is 5.32 Å². The van der Waals surface area contributed by atoms with Crippen LogP contribution in [0.25, 0.3) is 0 Å². The Morgan fingerprint density at radius 2 is 2.11 bits per heavy atom. The fourth-order valence-electron chi connectivity index (χ4n) is 1.84. The van der Waals surface area contributed by atoms with Crippen LogP contribution in [-0.4, -0.2) is 15.5 Å². The number of aryl methyl sites for hydroxylation is 2. The molecule has 1 amide bonds. The Kier molecular flexibility index (Phi) is 4.12. The highest BCUT2D eigenvalue weighted by Crippen LogP contribution is 2.27. The van der Waals surface area contributed by atoms with E-state index in [1.54, 1.807) is 17.0 Å². The number of nitrogens with one attached hydrogen (secondary N) is 1. The highest BCUT2D eigenvalue weighted by molar-refractivity contribution is 6.34. The summed E-state index contributed by atoms with van der Waals surface area (Å²) in [5, 5.41) is 3.60. The standard InChI is InChI=1S/C13H13Cl2N3O/c1-8-5-9(2)12(10(14)6-8)17-11(19)7-18-4-3-16-13(18)15/h3-6H,7H2,1-2H3,(H,17,19). The molecule has 0 bridgehead atoms. The van der Waals surface area contributed by atoms with E-state index < -0.39 is 0 Å². The maximum absolute atomic E-state index is 11.9. The lowest BCUT2D eigenvalue weighted by Gasteiger charge is -2.12. The molecular formula is C13H13Cl2N3O. The first kappa shape index (κ1) is 13.9. The Bertz CT molecular complexity index is 599. The number of nitrogens with zero attached hydrogens (tertiary/aromatic N) is 2. The van der Waals surface area contributed by atoms with E-state index in [2.05, 4.69) is 10.3 Å². The van der Waals surface area contributed by atoms with Gasteiger partial charge in [0, 0.05) is 12.4 Å². The van der Waals surface area contributed by atoms with Crippen LogP contribution in [0, 0.1) is 13.8 Å². The number of amides is 1. The third kappa shape index (κ3) is 3.28. The lowest BCUT2D eigenvalue weighted by molar-refractivity contribution is -0.116. The number of rotatable bonds is 3. The van der Waals surface area contributed by atoms with Crippen LogP contribution >= 0.6 is 23.2 Å². The summed E-state index contributed by atoms with van der Waals surface area (Å²) in [6.07, 6.45) is 3.19. The second-order valence-corrected chi connectivity index (χ2v) is 5.06. The molecule has 0 radical (unpaired) electrons. The summed E-state index contributed by atoms with van der Waals surface area (Å²) in [6.45, 7) is 3.96. The van der Waals surface area contributed by atoms with Crippen molar-refractivity contribution in [3.63, 3.8) is 0 Å². The molecule has 2 rings (SSSR count). The molecule has 0 aliphatic rings. The highest BCUT2D eigenvalue weighted by Gasteiger charge is 2.11. The van der Waals surface area contributed by atoms with Crippen molar-refractivity contribution in [2.45, 2.75) is 20.4 Å². The van der Waals surface area contributed by atoms with Gasteiger partial charge in [-0.25, -0.2) is 4.98 Å². The average molecular weight is 298 g/mol. The van der Waals surface area contributed by atoms with Gasteiger partial charge in [-0.15, -0.1) is 0 Å². The molecule has 0 aliphatic carbocycles. The Morgan fingerprint density at radius 1 is 1.37 bits per heavy atom. The maximum atomic E-state index is 11.9. The van der Waals surface area contributed by atoms with Crippen molar-refractivity contribution in [3.8, 4) is 0 Å². The number of aromatic nitrogens is 2. The average Bonchev–Trinajstić information content (AvgIpc) is 2.69. The summed E-state index contributed by atoms with van der Waals surface area (Å²) in [4.78, 5) is 15.8. The molecule has 0 aliphatic heterocycles. The summed E-state index contributed by atoms with van der Waals surface area (Å²) in [6, 6.07) is 3.78. The van der Waals surface area contributed by atoms with E-state index in [9.17, 15) is 4.79 Å². The molecule has 1 heterocycles. The van der Waals surface area contributed by atoms with Crippen molar-refractivity contribution < 1.29 is 4.79 Å². The minimum atomic E-state index is -0.200. The molecular weight excluding hydrogens is 285 g/mol. The normalized spacial score (nSPS) is 10.5. The largest absolute Gasteiger partial charge is 0.323 e. The minimum Gasteiger partial charge on any atom is -0.323 e. The lowest BCUT2D eigenvalue weighted by atomic mass is 10.1. The van der Waals surface area contributed by atoms with E-state index in [-0.39, 0.29) is 17.7 Å². The van der Waals surface area contributed by atoms with Crippen LogP contribution in [0.1, 0.15) is 11.1 Å². The zero-order valence-electron chi connectivity index (χ0n) is 10.6. The second kappa shape index (κ2) is 5.63. The number of anilines is 1. The van der Waals surface area contributed by atoms with Gasteiger partial charge in [0.05, 0.1) is 10.7 Å². The van der Waals surface area contributed by atoms with Gasteiger partial charge in [-0.3, -0.25) is 4.79 Å². The van der Waals surface area contributed by atoms with E-state index in [1.807, 2.05) is 26.0 Å². The van der Waals surface area contributed by atoms with Crippen molar-refractivity contribution in [3.05, 3.63) is 46.0 Å². The second-order valence-electron chi connectivity index (χ2n) is 4.31. The van der Waals surface area contributed by atoms with Gasteiger partial charge in [0.2, 0.25) is 11.2 Å². The molecule has 0 unspecified atom stereocenters. The molecule has 0 atom stereocenters. The molecule has 1 N–H and O–H groups in total. The van der Waals surface area contributed by atoms with Gasteiger partial charge in [0.1, 0.15) is 6.54 Å². The van der Waals surface area contributed by atoms with Crippen molar-refractivity contribution in [2.24, 2.45) is 0 Å². The van der Waals surface area contributed by atoms with E-state index in [4.69, 9.17) is 23.2 Å². The third-order valence-corrected chi connectivity index (χ3v) is 3.29. The number of carbonyl (C=O) groups is 1. The Labute approximate surface area is 121 Å². The number of carbonyl (C=O) groups excluding carboxylic acids is 1. The summed E-state index contributed by atoms with van der Waals surface area (Å²) >= 11 is 11.9. The van der Waals surface area contributed by atoms with E-state index in [0.29, 0.717) is 10.7 Å². The fourth-order valence-corrected chi connectivity index (χ4v) is 2.38. The molecule has 0 saturated heterocycles. The van der Waals surface area contributed by atoms with Crippen molar-refractivity contribution >= 4 is 34.8 Å². The number of imidazole rings is 1. The highest BCUT2D eigenvalue weighted by atomic mass is 35.5. The molecule has 0 fully saturated rings. The monoisotopic (exact) mass is 297 g/mol. The SMILES string of the molecule is Cc1cc(C)c(NC(=O)Cn2ccnc2Cl)c(Cl)c1. The van der Waals surface area contributed by atoms with Gasteiger partial charge < -0.3 is 9.88 Å². The van der Waals surface area contributed by atoms with Gasteiger partial charge >= 0.3 is 0 Å². The van der Waals surface area contributed by atoms with Crippen LogP contribution in [0.3, 0.4) is 0 Å². The van der Waals surface area contributed by atoms with Crippen LogP contribution in [0.2, 0.25) is 10.3 Å². The molecule has 1 aromatic heterocycles. The predicted molar refractivity (Wildman–Crippen MR) is 76.8 cm³/mol. The van der Waals surface area contributed by atoms with Gasteiger partial charge in [-0.05, 0) is 42.6 Å². The molecule has 1 aromatic carbocycles. The number of hydrogen-bond acceptors (Lipinski definition) is 2. The van der Waals surface area contributed by atoms with Crippen LogP contribution in [0.4, 0.5) is 5.69 Å². The van der Waals surface area contributed by atoms with E-state index in [1.165, 1.54) is 0 Å². The fraction of sp³-hybridized carbons (Fsp3) is 0.231. The molecule has 100 valence electrons. The quantitative estimate of drug-likeness (QED) is 0.943. The first-order valence-electron chi connectivity index (χ1n) is 5.70. The molecule has 0 spiro atoms. The summed E-state index contributed by atoms with van der Waals surface area (Å²) in [5.74, 6) is -0.200. The first-order chi connectivity index (χ1) is 8.97. The Morgan fingerprint density at radius 3 is 2.68 bits per heavy atom. The van der Waals surface area contributed by atoms with Crippen molar-refractivity contribution in [1.29, 1.82) is 0 Å². The topological polar surface area (TPSA) is 46.9 Å². The van der Waals surface area contributed by atoms with Gasteiger partial charge in [-0.2, -0.15) is 0 Å². The number of hydrogen-bond donors (Lipinski definition) is 1. The summed E-state index contributed by atoms with van der Waals surface area (Å²) in [5.41, 5.74) is 2.61. The predicted octanol–water partition coefficient (Wildman–Crippen LogP) is 3.45. The van der Waals surface area contributed by atoms with Gasteiger partial charge in [-0.1, -0.05) is 17.7 Å². The van der Waals surface area contributed by atoms with E-state index in [0.717, 1.165) is 11.1 Å². The van der Waals surface area contributed by atoms with E-state index >= 15 is 0 Å². The number of benzene rings is 1. The maximum Gasteiger partial charge on any atom is 0.244 e. The number of halogens is 2. The Balaban J connectivity index is 2.14. The molecule has 2 aromatic rings. The molecule has 6 heteroatoms. The van der Waals surface area contributed by atoms with Crippen LogP contribution in [-0.2, 0) is 11.3 Å². The first-order valence-corrected chi connectivity index (χ1v) is 6.46.